The number of rotatable bonds is 4. The smallest absolute Gasteiger partial charge is 0.274 e. The highest BCUT2D eigenvalue weighted by molar-refractivity contribution is 5.96. The highest BCUT2D eigenvalue weighted by atomic mass is 16.2. The van der Waals surface area contributed by atoms with E-state index in [9.17, 15) is 9.59 Å². The maximum atomic E-state index is 12.9. The normalized spacial score (nSPS) is 28.0. The molecular formula is C22H29N5O2. The number of nitrogens with two attached hydrogens (primary N) is 1. The van der Waals surface area contributed by atoms with Crippen molar-refractivity contribution in [3.63, 3.8) is 0 Å². The third-order valence-electron chi connectivity index (χ3n) is 7.67. The minimum Gasteiger partial charge on any atom is -0.350 e. The zero-order valence-electron chi connectivity index (χ0n) is 17.1. The number of aromatic nitrogens is 2. The Morgan fingerprint density at radius 1 is 1.28 bits per heavy atom. The predicted octanol–water partition coefficient (Wildman–Crippen LogP) is 1.92. The molecule has 154 valence electrons. The second kappa shape index (κ2) is 6.55. The average Bonchev–Trinajstić information content (AvgIpc) is 3.13. The molecule has 3 heterocycles. The summed E-state index contributed by atoms with van der Waals surface area (Å²) in [6.07, 6.45) is 5.44. The number of hydrogen-bond donors (Lipinski definition) is 2. The largest absolute Gasteiger partial charge is 0.350 e. The van der Waals surface area contributed by atoms with E-state index in [1.807, 2.05) is 12.1 Å². The molecule has 3 aliphatic carbocycles. The maximum absolute atomic E-state index is 12.9. The van der Waals surface area contributed by atoms with Crippen molar-refractivity contribution >= 4 is 17.5 Å². The zero-order valence-corrected chi connectivity index (χ0v) is 17.1. The molecular weight excluding hydrogens is 366 g/mol. The summed E-state index contributed by atoms with van der Waals surface area (Å²) in [6.45, 7) is 6.56. The summed E-state index contributed by atoms with van der Waals surface area (Å²) in [4.78, 5) is 31.6. The Morgan fingerprint density at radius 3 is 2.76 bits per heavy atom. The first-order chi connectivity index (χ1) is 13.8. The van der Waals surface area contributed by atoms with Gasteiger partial charge in [0, 0.05) is 31.9 Å². The number of nitrogens with one attached hydrogen (secondary N) is 1. The van der Waals surface area contributed by atoms with Gasteiger partial charge in [0.1, 0.15) is 17.0 Å². The number of carbonyl (C=O) groups excluding carboxylic acids is 2. The first-order valence-corrected chi connectivity index (χ1v) is 10.7. The van der Waals surface area contributed by atoms with Gasteiger partial charge in [-0.3, -0.25) is 14.0 Å². The molecule has 2 amide bonds. The lowest BCUT2D eigenvalue weighted by Crippen LogP contribution is -2.57. The molecule has 2 aromatic rings. The minimum absolute atomic E-state index is 0.0491. The van der Waals surface area contributed by atoms with Gasteiger partial charge < -0.3 is 16.0 Å². The highest BCUT2D eigenvalue weighted by Gasteiger charge is 2.53. The van der Waals surface area contributed by atoms with Crippen LogP contribution >= 0.6 is 0 Å². The summed E-state index contributed by atoms with van der Waals surface area (Å²) in [5.41, 5.74) is 7.65. The number of carbonyl (C=O) groups is 2. The molecule has 0 aromatic carbocycles. The van der Waals surface area contributed by atoms with Crippen LogP contribution in [0.2, 0.25) is 0 Å². The maximum Gasteiger partial charge on any atom is 0.274 e. The molecule has 0 radical (unpaired) electrons. The van der Waals surface area contributed by atoms with E-state index in [4.69, 9.17) is 5.73 Å². The molecule has 7 heteroatoms. The van der Waals surface area contributed by atoms with E-state index >= 15 is 0 Å². The van der Waals surface area contributed by atoms with Crippen LogP contribution in [-0.4, -0.2) is 51.8 Å². The van der Waals surface area contributed by atoms with Crippen molar-refractivity contribution in [1.29, 1.82) is 0 Å². The van der Waals surface area contributed by atoms with Crippen molar-refractivity contribution in [2.24, 2.45) is 28.9 Å². The molecule has 4 aliphatic rings. The van der Waals surface area contributed by atoms with Gasteiger partial charge >= 0.3 is 0 Å². The second-order valence-corrected chi connectivity index (χ2v) is 9.64. The quantitative estimate of drug-likeness (QED) is 0.827. The molecule has 0 spiro atoms. The molecule has 29 heavy (non-hydrogen) atoms. The van der Waals surface area contributed by atoms with Gasteiger partial charge in [-0.15, -0.1) is 0 Å². The van der Waals surface area contributed by atoms with Crippen molar-refractivity contribution in [2.75, 3.05) is 19.6 Å². The highest BCUT2D eigenvalue weighted by Crippen LogP contribution is 2.61. The first-order valence-electron chi connectivity index (χ1n) is 10.7. The lowest BCUT2D eigenvalue weighted by molar-refractivity contribution is -0.103. The molecule has 2 aromatic heterocycles. The molecule has 3 N–H and O–H groups in total. The fourth-order valence-corrected chi connectivity index (χ4v) is 5.66. The van der Waals surface area contributed by atoms with Crippen LogP contribution in [0.1, 0.15) is 54.1 Å². The van der Waals surface area contributed by atoms with Crippen LogP contribution in [0.25, 0.3) is 5.65 Å². The van der Waals surface area contributed by atoms with Crippen molar-refractivity contribution in [3.05, 3.63) is 35.8 Å². The minimum atomic E-state index is -0.134. The van der Waals surface area contributed by atoms with Crippen LogP contribution in [0.15, 0.2) is 24.4 Å². The van der Waals surface area contributed by atoms with Gasteiger partial charge in [-0.05, 0) is 54.6 Å². The average molecular weight is 396 g/mol. The molecule has 3 atom stereocenters. The lowest BCUT2D eigenvalue weighted by Gasteiger charge is -2.60. The number of pyridine rings is 1. The van der Waals surface area contributed by atoms with Crippen LogP contribution in [0.3, 0.4) is 0 Å². The van der Waals surface area contributed by atoms with Crippen LogP contribution in [0.5, 0.6) is 0 Å². The van der Waals surface area contributed by atoms with Gasteiger partial charge in [0.05, 0.1) is 0 Å². The van der Waals surface area contributed by atoms with Gasteiger partial charge in [-0.1, -0.05) is 19.9 Å². The number of likely N-dealkylation sites (tertiary alicyclic amines) is 1. The monoisotopic (exact) mass is 395 g/mol. The van der Waals surface area contributed by atoms with E-state index in [2.05, 4.69) is 24.1 Å². The number of amides is 2. The summed E-state index contributed by atoms with van der Waals surface area (Å²) in [5.74, 6) is 1.87. The van der Waals surface area contributed by atoms with E-state index in [1.165, 1.54) is 19.3 Å². The lowest BCUT2D eigenvalue weighted by atomic mass is 9.45. The van der Waals surface area contributed by atoms with Crippen LogP contribution in [-0.2, 0) is 0 Å². The SMILES string of the molecule is CC1(C)[C@H]2CC[C@@H](CNC(=O)c3cccc4nc(C(=O)N5CC(N)C5)cn34)[C@@H]1C2. The standard InChI is InChI=1S/C22H29N5O2/c1-22(2)14-7-6-13(16(22)8-14)9-24-20(28)18-4-3-5-19-25-17(12-27(18)19)21(29)26-10-15(23)11-26/h3-5,12-16H,6-11,23H2,1-2H3,(H,24,28)/t13-,14-,16-/m0/s1. The number of fused-ring (bicyclic) bond motifs is 3. The Hall–Kier alpha value is -2.41. The Bertz CT molecular complexity index is 973. The van der Waals surface area contributed by atoms with Gasteiger partial charge in [0.15, 0.2) is 0 Å². The van der Waals surface area contributed by atoms with E-state index in [1.54, 1.807) is 21.6 Å². The van der Waals surface area contributed by atoms with Gasteiger partial charge in [0.25, 0.3) is 11.8 Å². The molecule has 7 nitrogen and oxygen atoms in total. The summed E-state index contributed by atoms with van der Waals surface area (Å²) in [5, 5.41) is 3.14. The molecule has 1 aliphatic heterocycles. The number of nitrogens with zero attached hydrogens (tertiary/aromatic N) is 3. The summed E-state index contributed by atoms with van der Waals surface area (Å²) >= 11 is 0. The third kappa shape index (κ3) is 2.94. The molecule has 4 fully saturated rings. The predicted molar refractivity (Wildman–Crippen MR) is 110 cm³/mol. The topological polar surface area (TPSA) is 92.7 Å². The summed E-state index contributed by atoms with van der Waals surface area (Å²) < 4.78 is 1.71. The van der Waals surface area contributed by atoms with Crippen LogP contribution in [0.4, 0.5) is 0 Å². The first kappa shape index (κ1) is 18.6. The molecule has 6 rings (SSSR count). The molecule has 0 unspecified atom stereocenters. The second-order valence-electron chi connectivity index (χ2n) is 9.64. The van der Waals surface area contributed by atoms with E-state index in [0.29, 0.717) is 53.9 Å². The van der Waals surface area contributed by atoms with Crippen LogP contribution in [0, 0.1) is 23.2 Å². The summed E-state index contributed by atoms with van der Waals surface area (Å²) in [7, 11) is 0. The van der Waals surface area contributed by atoms with Gasteiger partial charge in [0.2, 0.25) is 0 Å². The zero-order chi connectivity index (χ0) is 20.3. The van der Waals surface area contributed by atoms with E-state index in [0.717, 1.165) is 5.92 Å². The number of imidazole rings is 1. The van der Waals surface area contributed by atoms with Crippen molar-refractivity contribution in [2.45, 2.75) is 39.2 Å². The Labute approximate surface area is 170 Å². The number of hydrogen-bond acceptors (Lipinski definition) is 4. The van der Waals surface area contributed by atoms with Crippen molar-refractivity contribution in [3.8, 4) is 0 Å². The fraction of sp³-hybridized carbons (Fsp3) is 0.591. The Morgan fingerprint density at radius 2 is 2.07 bits per heavy atom. The Balaban J connectivity index is 1.30. The molecule has 2 bridgehead atoms. The molecule has 1 saturated heterocycles. The van der Waals surface area contributed by atoms with E-state index < -0.39 is 0 Å². The van der Waals surface area contributed by atoms with Crippen molar-refractivity contribution in [1.82, 2.24) is 19.6 Å². The fourth-order valence-electron chi connectivity index (χ4n) is 5.66. The van der Waals surface area contributed by atoms with Crippen LogP contribution < -0.4 is 11.1 Å². The molecule has 3 saturated carbocycles. The van der Waals surface area contributed by atoms with Crippen molar-refractivity contribution < 1.29 is 9.59 Å². The van der Waals surface area contributed by atoms with Gasteiger partial charge in [-0.25, -0.2) is 4.98 Å². The van der Waals surface area contributed by atoms with Gasteiger partial charge in [-0.2, -0.15) is 0 Å². The summed E-state index contributed by atoms with van der Waals surface area (Å²) in [6, 6.07) is 5.45. The van der Waals surface area contributed by atoms with E-state index in [-0.39, 0.29) is 17.9 Å². The Kier molecular flexibility index (Phi) is 4.21. The third-order valence-corrected chi connectivity index (χ3v) is 7.67.